The third-order valence-corrected chi connectivity index (χ3v) is 7.82. The lowest BCUT2D eigenvalue weighted by Gasteiger charge is -2.09. The van der Waals surface area contributed by atoms with Gasteiger partial charge in [-0.2, -0.15) is 0 Å². The van der Waals surface area contributed by atoms with Crippen LogP contribution in [0.4, 0.5) is 0 Å². The van der Waals surface area contributed by atoms with E-state index in [1.807, 2.05) is 103 Å². The first-order valence-electron chi connectivity index (χ1n) is 16.5. The third-order valence-electron chi connectivity index (χ3n) is 7.37. The Balaban J connectivity index is 0.000000256. The molecule has 5 aromatic carbocycles. The van der Waals surface area contributed by atoms with Gasteiger partial charge in [0.15, 0.2) is 0 Å². The largest absolute Gasteiger partial charge is 0.524 e. The Bertz CT molecular complexity index is 1950. The van der Waals surface area contributed by atoms with Gasteiger partial charge in [-0.15, -0.1) is 0 Å². The number of nitrogens with two attached hydrogens (primary N) is 3. The van der Waals surface area contributed by atoms with Gasteiger partial charge < -0.3 is 42.2 Å². The molecule has 16 heteroatoms. The zero-order valence-electron chi connectivity index (χ0n) is 29.5. The van der Waals surface area contributed by atoms with Gasteiger partial charge >= 0.3 is 31.7 Å². The van der Waals surface area contributed by atoms with Gasteiger partial charge in [-0.25, -0.2) is 4.57 Å². The Morgan fingerprint density at radius 2 is 0.909 bits per heavy atom. The first kappa shape index (κ1) is 45.2. The fraction of sp³-hybridized carbons (Fsp3) is 0.179. The molecular weight excluding hydrogens is 733 g/mol. The number of carbonyl (C=O) groups is 4. The number of benzene rings is 5. The second kappa shape index (κ2) is 23.0. The first-order valence-corrected chi connectivity index (χ1v) is 18.0. The Labute approximate surface area is 316 Å². The van der Waals surface area contributed by atoms with Crippen molar-refractivity contribution < 1.29 is 58.5 Å². The van der Waals surface area contributed by atoms with Gasteiger partial charge in [0.25, 0.3) is 0 Å². The molecule has 0 fully saturated rings. The van der Waals surface area contributed by atoms with Crippen LogP contribution >= 0.6 is 7.82 Å². The van der Waals surface area contributed by atoms with Gasteiger partial charge in [0.1, 0.15) is 23.9 Å². The minimum absolute atomic E-state index is 0.00554. The maximum atomic E-state index is 10.6. The van der Waals surface area contributed by atoms with E-state index in [-0.39, 0.29) is 18.6 Å². The minimum atomic E-state index is -4.56. The lowest BCUT2D eigenvalue weighted by Crippen LogP contribution is -2.32. The number of rotatable bonds is 13. The van der Waals surface area contributed by atoms with E-state index < -0.39 is 49.8 Å². The van der Waals surface area contributed by atoms with E-state index in [2.05, 4.69) is 4.52 Å². The van der Waals surface area contributed by atoms with Crippen molar-refractivity contribution in [3.8, 4) is 5.75 Å². The molecule has 0 amide bonds. The molecule has 0 bridgehead atoms. The highest BCUT2D eigenvalue weighted by Gasteiger charge is 2.17. The van der Waals surface area contributed by atoms with Crippen LogP contribution in [0, 0.1) is 0 Å². The van der Waals surface area contributed by atoms with Crippen molar-refractivity contribution in [2.24, 2.45) is 17.2 Å². The second-order valence-electron chi connectivity index (χ2n) is 11.9. The number of carboxylic acids is 4. The summed E-state index contributed by atoms with van der Waals surface area (Å²) in [6, 6.07) is 35.3. The summed E-state index contributed by atoms with van der Waals surface area (Å²) in [6.07, 6.45) is 0.985. The van der Waals surface area contributed by atoms with Gasteiger partial charge in [-0.05, 0) is 64.4 Å². The standard InChI is InChI=1S/C12H10O2.C9H12NO6P.2C9H11NO2/c13-12(14)8-10-6-3-5-9-4-1-2-7-11(9)10;10-8(9(11)12)5-6-1-3-7(4-2-6)16-17(13,14)15;2*10-8(9(11)12)6-7-4-2-1-3-5-7/h1-7H,8H2,(H,13,14);1-4,8H,5,10H2,(H,11,12)(H2,13,14,15);2*1-5,8H,6,10H2,(H,11,12). The normalized spacial score (nSPS) is 12.1. The number of hydrogen-bond donors (Lipinski definition) is 9. The molecule has 0 saturated carbocycles. The SMILES string of the molecule is NC(Cc1ccc(OP(=O)(O)O)cc1)C(=O)O.NC(Cc1ccccc1)C(=O)O.NC(Cc1ccccc1)C(=O)O.O=C(O)Cc1cccc2ccccc12. The number of hydrogen-bond acceptors (Lipinski definition) is 9. The Hall–Kier alpha value is -5.93. The van der Waals surface area contributed by atoms with Crippen molar-refractivity contribution in [2.45, 2.75) is 43.8 Å². The van der Waals surface area contributed by atoms with Crippen LogP contribution in [-0.4, -0.2) is 72.2 Å². The molecule has 12 N–H and O–H groups in total. The fourth-order valence-electron chi connectivity index (χ4n) is 4.69. The van der Waals surface area contributed by atoms with Crippen LogP contribution in [0.2, 0.25) is 0 Å². The zero-order valence-corrected chi connectivity index (χ0v) is 30.4. The smallest absolute Gasteiger partial charge is 0.481 e. The molecule has 0 aliphatic heterocycles. The van der Waals surface area contributed by atoms with Crippen LogP contribution in [0.15, 0.2) is 127 Å². The lowest BCUT2D eigenvalue weighted by atomic mass is 10.0. The minimum Gasteiger partial charge on any atom is -0.481 e. The molecule has 55 heavy (non-hydrogen) atoms. The van der Waals surface area contributed by atoms with E-state index in [9.17, 15) is 23.7 Å². The number of fused-ring (bicyclic) bond motifs is 1. The van der Waals surface area contributed by atoms with Crippen molar-refractivity contribution in [2.75, 3.05) is 0 Å². The summed E-state index contributed by atoms with van der Waals surface area (Å²) < 4.78 is 14.9. The Morgan fingerprint density at radius 1 is 0.527 bits per heavy atom. The predicted molar refractivity (Wildman–Crippen MR) is 205 cm³/mol. The average molecular weight is 778 g/mol. The molecule has 0 radical (unpaired) electrons. The van der Waals surface area contributed by atoms with Crippen molar-refractivity contribution in [3.63, 3.8) is 0 Å². The molecule has 0 spiro atoms. The van der Waals surface area contributed by atoms with E-state index in [1.54, 1.807) is 0 Å². The Kier molecular flexibility index (Phi) is 18.9. The topological polar surface area (TPSA) is 294 Å². The number of carboxylic acid groups (broad SMARTS) is 4. The predicted octanol–water partition coefficient (Wildman–Crippen LogP) is 3.86. The molecule has 3 unspecified atom stereocenters. The molecule has 0 aromatic heterocycles. The monoisotopic (exact) mass is 777 g/mol. The highest BCUT2D eigenvalue weighted by atomic mass is 31.2. The number of phosphoric acid groups is 1. The van der Waals surface area contributed by atoms with Crippen LogP contribution in [0.3, 0.4) is 0 Å². The van der Waals surface area contributed by atoms with Crippen molar-refractivity contribution >= 4 is 42.5 Å². The van der Waals surface area contributed by atoms with E-state index in [4.69, 9.17) is 47.4 Å². The number of aliphatic carboxylic acids is 4. The Morgan fingerprint density at radius 3 is 1.31 bits per heavy atom. The third kappa shape index (κ3) is 18.6. The van der Waals surface area contributed by atoms with Crippen LogP contribution in [0.25, 0.3) is 10.8 Å². The van der Waals surface area contributed by atoms with Crippen LogP contribution in [-0.2, 0) is 49.4 Å². The molecule has 5 aromatic rings. The van der Waals surface area contributed by atoms with Crippen molar-refractivity contribution in [3.05, 3.63) is 150 Å². The molecule has 0 heterocycles. The van der Waals surface area contributed by atoms with E-state index in [0.29, 0.717) is 18.4 Å². The summed E-state index contributed by atoms with van der Waals surface area (Å²) in [5.41, 5.74) is 19.4. The van der Waals surface area contributed by atoms with Gasteiger partial charge in [0.05, 0.1) is 6.42 Å². The summed E-state index contributed by atoms with van der Waals surface area (Å²) in [4.78, 5) is 59.0. The highest BCUT2D eigenvalue weighted by molar-refractivity contribution is 7.46. The summed E-state index contributed by atoms with van der Waals surface area (Å²) in [5, 5.41) is 36.5. The van der Waals surface area contributed by atoms with Gasteiger partial charge in [0.2, 0.25) is 0 Å². The molecule has 0 aliphatic rings. The number of phosphoric ester groups is 1. The van der Waals surface area contributed by atoms with Crippen LogP contribution in [0.1, 0.15) is 22.3 Å². The summed E-state index contributed by atoms with van der Waals surface area (Å²) in [5.74, 6) is -3.81. The second-order valence-corrected chi connectivity index (χ2v) is 13.0. The molecule has 15 nitrogen and oxygen atoms in total. The summed E-state index contributed by atoms with van der Waals surface area (Å²) >= 11 is 0. The maximum Gasteiger partial charge on any atom is 0.524 e. The molecule has 292 valence electrons. The first-order chi connectivity index (χ1) is 25.9. The highest BCUT2D eigenvalue weighted by Crippen LogP contribution is 2.37. The van der Waals surface area contributed by atoms with Crippen molar-refractivity contribution in [1.82, 2.24) is 0 Å². The van der Waals surface area contributed by atoms with E-state index >= 15 is 0 Å². The van der Waals surface area contributed by atoms with Gasteiger partial charge in [-0.1, -0.05) is 115 Å². The average Bonchev–Trinajstić information content (AvgIpc) is 3.13. The van der Waals surface area contributed by atoms with Crippen LogP contribution in [0.5, 0.6) is 5.75 Å². The maximum absolute atomic E-state index is 10.6. The zero-order chi connectivity index (χ0) is 41.0. The van der Waals surface area contributed by atoms with E-state index in [1.165, 1.54) is 24.3 Å². The molecular formula is C39H44N3O12P. The summed E-state index contributed by atoms with van der Waals surface area (Å²) in [7, 11) is -4.56. The van der Waals surface area contributed by atoms with Gasteiger partial charge in [-0.3, -0.25) is 29.0 Å². The van der Waals surface area contributed by atoms with Crippen molar-refractivity contribution in [1.29, 1.82) is 0 Å². The summed E-state index contributed by atoms with van der Waals surface area (Å²) in [6.45, 7) is 0. The lowest BCUT2D eigenvalue weighted by molar-refractivity contribution is -0.139. The molecule has 3 atom stereocenters. The van der Waals surface area contributed by atoms with E-state index in [0.717, 1.165) is 27.5 Å². The van der Waals surface area contributed by atoms with Crippen LogP contribution < -0.4 is 21.7 Å². The fourth-order valence-corrected chi connectivity index (χ4v) is 5.08. The molecule has 0 saturated heterocycles. The van der Waals surface area contributed by atoms with Gasteiger partial charge in [0, 0.05) is 0 Å². The molecule has 0 aliphatic carbocycles. The molecule has 5 rings (SSSR count). The quantitative estimate of drug-likeness (QED) is 0.0767.